The van der Waals surface area contributed by atoms with Gasteiger partial charge < -0.3 is 24.5 Å². The highest BCUT2D eigenvalue weighted by Gasteiger charge is 2.49. The molecule has 0 radical (unpaired) electrons. The lowest BCUT2D eigenvalue weighted by Gasteiger charge is -2.25. The Labute approximate surface area is 221 Å². The second-order valence-corrected chi connectivity index (χ2v) is 11.4. The van der Waals surface area contributed by atoms with Gasteiger partial charge in [0.1, 0.15) is 29.4 Å². The van der Waals surface area contributed by atoms with E-state index >= 15 is 0 Å². The maximum absolute atomic E-state index is 13.4. The highest BCUT2D eigenvalue weighted by atomic mass is 19.4. The second-order valence-electron chi connectivity index (χ2n) is 11.4. The number of hydrogen-bond donors (Lipinski definition) is 2. The second kappa shape index (κ2) is 8.99. The number of carbonyl (C=O) groups is 2. The minimum Gasteiger partial charge on any atom is -0.438 e. The number of alkyl halides is 3. The number of benzene rings is 1. The molecule has 1 aromatic carbocycles. The van der Waals surface area contributed by atoms with Crippen LogP contribution < -0.4 is 10.6 Å². The molecule has 3 heterocycles. The van der Waals surface area contributed by atoms with Crippen molar-refractivity contribution < 1.29 is 31.7 Å². The molecule has 0 spiro atoms. The fourth-order valence-corrected chi connectivity index (χ4v) is 5.85. The third-order valence-electron chi connectivity index (χ3n) is 8.30. The van der Waals surface area contributed by atoms with Gasteiger partial charge in [-0.2, -0.15) is 13.2 Å². The average Bonchev–Trinajstić information content (AvgIpc) is 3.84. The molecule has 39 heavy (non-hydrogen) atoms. The maximum Gasteiger partial charge on any atom is 0.410 e. The van der Waals surface area contributed by atoms with Crippen LogP contribution in [0.4, 0.5) is 18.0 Å². The van der Waals surface area contributed by atoms with E-state index < -0.39 is 30.8 Å². The minimum atomic E-state index is -4.50. The molecule has 9 nitrogen and oxygen atoms in total. The molecule has 2 N–H and O–H groups in total. The summed E-state index contributed by atoms with van der Waals surface area (Å²) in [6.07, 6.45) is 3.31. The normalized spacial score (nSPS) is 22.5. The van der Waals surface area contributed by atoms with Gasteiger partial charge in [0.2, 0.25) is 5.89 Å². The van der Waals surface area contributed by atoms with Gasteiger partial charge in [-0.15, -0.1) is 0 Å². The Bertz CT molecular complexity index is 1410. The Kier molecular flexibility index (Phi) is 5.64. The summed E-state index contributed by atoms with van der Waals surface area (Å²) in [7, 11) is 0. The summed E-state index contributed by atoms with van der Waals surface area (Å²) in [5.41, 5.74) is 2.83. The van der Waals surface area contributed by atoms with Gasteiger partial charge >= 0.3 is 12.2 Å². The molecule has 1 aliphatic heterocycles. The van der Waals surface area contributed by atoms with Crippen LogP contribution >= 0.6 is 0 Å². The van der Waals surface area contributed by atoms with Crippen molar-refractivity contribution in [3.8, 4) is 0 Å². The van der Waals surface area contributed by atoms with E-state index in [4.69, 9.17) is 13.9 Å². The lowest BCUT2D eigenvalue weighted by atomic mass is 9.89. The van der Waals surface area contributed by atoms with Gasteiger partial charge in [-0.1, -0.05) is 11.2 Å². The molecule has 3 aromatic rings. The third-order valence-corrected chi connectivity index (χ3v) is 8.30. The quantitative estimate of drug-likeness (QED) is 0.390. The molecular formula is C27H28F3N5O4. The summed E-state index contributed by atoms with van der Waals surface area (Å²) >= 11 is 0. The molecule has 2 unspecified atom stereocenters. The Morgan fingerprint density at radius 1 is 1.15 bits per heavy atom. The molecular weight excluding hydrogens is 515 g/mol. The lowest BCUT2D eigenvalue weighted by Crippen LogP contribution is -2.40. The van der Waals surface area contributed by atoms with Crippen LogP contribution in [0, 0.1) is 17.8 Å². The molecule has 3 aliphatic carbocycles. The predicted octanol–water partition coefficient (Wildman–Crippen LogP) is 5.06. The molecule has 0 bridgehead atoms. The molecule has 12 heteroatoms. The Balaban J connectivity index is 1.15. The van der Waals surface area contributed by atoms with Gasteiger partial charge in [-0.25, -0.2) is 9.78 Å². The summed E-state index contributed by atoms with van der Waals surface area (Å²) < 4.78 is 50.5. The van der Waals surface area contributed by atoms with Crippen LogP contribution in [0.25, 0.3) is 11.1 Å². The van der Waals surface area contributed by atoms with E-state index in [1.165, 1.54) is 6.26 Å². The number of nitrogens with one attached hydrogen (secondary N) is 2. The van der Waals surface area contributed by atoms with E-state index in [1.54, 1.807) is 18.2 Å². The molecule has 1 saturated heterocycles. The van der Waals surface area contributed by atoms with Crippen molar-refractivity contribution in [2.24, 2.45) is 17.8 Å². The van der Waals surface area contributed by atoms with Crippen LogP contribution in [-0.4, -0.2) is 45.7 Å². The van der Waals surface area contributed by atoms with Gasteiger partial charge in [0.05, 0.1) is 12.2 Å². The van der Waals surface area contributed by atoms with Crippen molar-refractivity contribution in [3.63, 3.8) is 0 Å². The van der Waals surface area contributed by atoms with Gasteiger partial charge in [-0.05, 0) is 74.0 Å². The summed E-state index contributed by atoms with van der Waals surface area (Å²) in [6.45, 7) is -0.435. The maximum atomic E-state index is 13.4. The molecule has 7 rings (SSSR count). The van der Waals surface area contributed by atoms with Gasteiger partial charge in [0.15, 0.2) is 5.58 Å². The first-order chi connectivity index (χ1) is 18.7. The number of oxazole rings is 1. The molecule has 3 amide bonds. The molecule has 206 valence electrons. The SMILES string of the molecule is O=C(NC(c1nc2cc(CN3CC(C(F)(F)F)NC3=O)ccc2o1)C(C1CC1)C1CC1)c1conc1C1CC1. The van der Waals surface area contributed by atoms with Crippen molar-refractivity contribution in [2.75, 3.05) is 6.54 Å². The number of nitrogens with zero attached hydrogens (tertiary/aromatic N) is 3. The largest absolute Gasteiger partial charge is 0.438 e. The number of amides is 3. The zero-order valence-corrected chi connectivity index (χ0v) is 21.0. The Morgan fingerprint density at radius 3 is 2.54 bits per heavy atom. The monoisotopic (exact) mass is 543 g/mol. The molecule has 2 aromatic heterocycles. The number of fused-ring (bicyclic) bond motifs is 1. The molecule has 4 aliphatic rings. The van der Waals surface area contributed by atoms with Crippen molar-refractivity contribution >= 4 is 23.0 Å². The first-order valence-electron chi connectivity index (χ1n) is 13.5. The fraction of sp³-hybridized carbons (Fsp3) is 0.556. The molecule has 3 saturated carbocycles. The van der Waals surface area contributed by atoms with E-state index in [-0.39, 0.29) is 24.3 Å². The van der Waals surface area contributed by atoms with E-state index in [1.807, 2.05) is 5.32 Å². The first-order valence-corrected chi connectivity index (χ1v) is 13.5. The topological polar surface area (TPSA) is 114 Å². The Morgan fingerprint density at radius 2 is 1.90 bits per heavy atom. The summed E-state index contributed by atoms with van der Waals surface area (Å²) in [4.78, 5) is 31.4. The van der Waals surface area contributed by atoms with E-state index in [0.29, 0.717) is 45.6 Å². The van der Waals surface area contributed by atoms with Crippen LogP contribution in [0.15, 0.2) is 33.4 Å². The standard InChI is InChI=1S/C27H28F3N5O4/c28-27(29,30)20-11-35(26(37)32-20)10-13-1-8-19-18(9-13)31-25(39-19)23(21(14-2-3-14)15-4-5-15)33-24(36)17-12-38-34-22(17)16-6-7-16/h1,8-9,12,14-16,20-21,23H,2-7,10-11H2,(H,32,37)(H,33,36). The van der Waals surface area contributed by atoms with E-state index in [0.717, 1.165) is 43.4 Å². The van der Waals surface area contributed by atoms with Gasteiger partial charge in [0.25, 0.3) is 5.91 Å². The zero-order chi connectivity index (χ0) is 26.9. The third kappa shape index (κ3) is 4.85. The van der Waals surface area contributed by atoms with Crippen LogP contribution in [0.2, 0.25) is 0 Å². The lowest BCUT2D eigenvalue weighted by molar-refractivity contribution is -0.149. The van der Waals surface area contributed by atoms with Crippen LogP contribution in [0.5, 0.6) is 0 Å². The first kappa shape index (κ1) is 24.5. The van der Waals surface area contributed by atoms with Gasteiger partial charge in [-0.3, -0.25) is 4.79 Å². The van der Waals surface area contributed by atoms with Crippen molar-refractivity contribution in [1.82, 2.24) is 25.7 Å². The van der Waals surface area contributed by atoms with Crippen LogP contribution in [0.1, 0.15) is 78.0 Å². The number of rotatable bonds is 9. The van der Waals surface area contributed by atoms with E-state index in [2.05, 4.69) is 10.5 Å². The number of urea groups is 1. The minimum absolute atomic E-state index is 0.0148. The highest BCUT2D eigenvalue weighted by molar-refractivity contribution is 5.95. The number of carbonyl (C=O) groups excluding carboxylic acids is 2. The summed E-state index contributed by atoms with van der Waals surface area (Å²) in [5.74, 6) is 1.62. The summed E-state index contributed by atoms with van der Waals surface area (Å²) in [6, 6.07) is 2.10. The van der Waals surface area contributed by atoms with Crippen molar-refractivity contribution in [1.29, 1.82) is 0 Å². The van der Waals surface area contributed by atoms with E-state index in [9.17, 15) is 22.8 Å². The van der Waals surface area contributed by atoms with Gasteiger partial charge in [0, 0.05) is 12.5 Å². The average molecular weight is 544 g/mol. The molecule has 4 fully saturated rings. The Hall–Kier alpha value is -3.57. The number of halogens is 3. The zero-order valence-electron chi connectivity index (χ0n) is 21.0. The predicted molar refractivity (Wildman–Crippen MR) is 130 cm³/mol. The fourth-order valence-electron chi connectivity index (χ4n) is 5.85. The summed E-state index contributed by atoms with van der Waals surface area (Å²) in [5, 5.41) is 9.24. The highest BCUT2D eigenvalue weighted by Crippen LogP contribution is 2.54. The number of hydrogen-bond acceptors (Lipinski definition) is 6. The smallest absolute Gasteiger partial charge is 0.410 e. The van der Waals surface area contributed by atoms with Crippen LogP contribution in [0.3, 0.4) is 0 Å². The molecule has 2 atom stereocenters. The van der Waals surface area contributed by atoms with Crippen molar-refractivity contribution in [3.05, 3.63) is 47.2 Å². The van der Waals surface area contributed by atoms with Crippen LogP contribution in [-0.2, 0) is 6.54 Å². The number of aromatic nitrogens is 2. The van der Waals surface area contributed by atoms with Crippen molar-refractivity contribution in [2.45, 2.75) is 69.2 Å².